The second-order valence-electron chi connectivity index (χ2n) is 3.86. The average Bonchev–Trinajstić information content (AvgIpc) is 2.65. The van der Waals surface area contributed by atoms with Gasteiger partial charge in [0.1, 0.15) is 11.1 Å². The van der Waals surface area contributed by atoms with Crippen LogP contribution in [0.2, 0.25) is 0 Å². The van der Waals surface area contributed by atoms with Crippen molar-refractivity contribution < 1.29 is 5.11 Å². The standard InChI is InChI=1S/C10H16N2OS/c1-7-5-12-10(14-7)9(13)8-3-2-4-11-6-8/h5,8-9,11,13H,2-4,6H2,1H3. The molecule has 2 N–H and O–H groups in total. The molecule has 0 radical (unpaired) electrons. The number of nitrogens with zero attached hydrogens (tertiary/aromatic N) is 1. The number of aliphatic hydroxyl groups excluding tert-OH is 1. The van der Waals surface area contributed by atoms with Gasteiger partial charge in [0, 0.05) is 23.5 Å². The third-order valence-corrected chi connectivity index (χ3v) is 3.66. The van der Waals surface area contributed by atoms with Crippen LogP contribution in [0, 0.1) is 12.8 Å². The van der Waals surface area contributed by atoms with Gasteiger partial charge in [0.2, 0.25) is 0 Å². The van der Waals surface area contributed by atoms with Crippen LogP contribution in [0.3, 0.4) is 0 Å². The summed E-state index contributed by atoms with van der Waals surface area (Å²) in [6.07, 6.45) is 3.72. The number of thiazole rings is 1. The molecule has 1 saturated heterocycles. The summed E-state index contributed by atoms with van der Waals surface area (Å²) < 4.78 is 0. The van der Waals surface area contributed by atoms with Crippen LogP contribution in [0.15, 0.2) is 6.20 Å². The van der Waals surface area contributed by atoms with E-state index in [0.717, 1.165) is 30.9 Å². The number of piperidine rings is 1. The SMILES string of the molecule is Cc1cnc(C(O)C2CCCNC2)s1. The highest BCUT2D eigenvalue weighted by Crippen LogP contribution is 2.29. The second-order valence-corrected chi connectivity index (χ2v) is 5.13. The first-order valence-electron chi connectivity index (χ1n) is 5.08. The Balaban J connectivity index is 2.03. The number of aliphatic hydroxyl groups is 1. The molecule has 0 saturated carbocycles. The van der Waals surface area contributed by atoms with Crippen LogP contribution in [0.4, 0.5) is 0 Å². The predicted molar refractivity (Wildman–Crippen MR) is 57.4 cm³/mol. The third kappa shape index (κ3) is 2.13. The molecule has 1 aromatic heterocycles. The number of aromatic nitrogens is 1. The van der Waals surface area contributed by atoms with Gasteiger partial charge in [-0.15, -0.1) is 11.3 Å². The molecular weight excluding hydrogens is 196 g/mol. The lowest BCUT2D eigenvalue weighted by Gasteiger charge is -2.25. The lowest BCUT2D eigenvalue weighted by molar-refractivity contribution is 0.0919. The minimum Gasteiger partial charge on any atom is -0.386 e. The molecular formula is C10H16N2OS. The van der Waals surface area contributed by atoms with Crippen LogP contribution in [-0.4, -0.2) is 23.2 Å². The van der Waals surface area contributed by atoms with E-state index in [0.29, 0.717) is 5.92 Å². The van der Waals surface area contributed by atoms with Crippen LogP contribution >= 0.6 is 11.3 Å². The zero-order chi connectivity index (χ0) is 9.97. The van der Waals surface area contributed by atoms with Crippen LogP contribution in [0.5, 0.6) is 0 Å². The molecule has 0 spiro atoms. The number of hydrogen-bond donors (Lipinski definition) is 2. The fourth-order valence-corrected chi connectivity index (χ4v) is 2.71. The summed E-state index contributed by atoms with van der Waals surface area (Å²) in [5, 5.41) is 14.2. The van der Waals surface area contributed by atoms with Crippen molar-refractivity contribution in [3.05, 3.63) is 16.1 Å². The fraction of sp³-hybridized carbons (Fsp3) is 0.700. The molecule has 14 heavy (non-hydrogen) atoms. The predicted octanol–water partition coefficient (Wildman–Crippen LogP) is 1.48. The van der Waals surface area contributed by atoms with Crippen LogP contribution < -0.4 is 5.32 Å². The summed E-state index contributed by atoms with van der Waals surface area (Å²) in [5.41, 5.74) is 0. The maximum atomic E-state index is 10.1. The molecule has 2 rings (SSSR count). The Hall–Kier alpha value is -0.450. The lowest BCUT2D eigenvalue weighted by Crippen LogP contribution is -2.33. The van der Waals surface area contributed by atoms with Gasteiger partial charge < -0.3 is 10.4 Å². The summed E-state index contributed by atoms with van der Waals surface area (Å²) >= 11 is 1.60. The van der Waals surface area contributed by atoms with Gasteiger partial charge in [0.05, 0.1) is 0 Å². The Labute approximate surface area is 88.2 Å². The monoisotopic (exact) mass is 212 g/mol. The molecule has 0 amide bonds. The van der Waals surface area contributed by atoms with Crippen molar-refractivity contribution in [2.45, 2.75) is 25.9 Å². The van der Waals surface area contributed by atoms with Crippen molar-refractivity contribution in [2.75, 3.05) is 13.1 Å². The van der Waals surface area contributed by atoms with Gasteiger partial charge >= 0.3 is 0 Å². The van der Waals surface area contributed by atoms with E-state index in [2.05, 4.69) is 10.3 Å². The second kappa shape index (κ2) is 4.38. The number of hydrogen-bond acceptors (Lipinski definition) is 4. The highest BCUT2D eigenvalue weighted by molar-refractivity contribution is 7.11. The first-order valence-corrected chi connectivity index (χ1v) is 5.90. The molecule has 1 aromatic rings. The van der Waals surface area contributed by atoms with E-state index in [1.807, 2.05) is 13.1 Å². The first kappa shape index (κ1) is 10.1. The molecule has 1 fully saturated rings. The maximum Gasteiger partial charge on any atom is 0.122 e. The van der Waals surface area contributed by atoms with E-state index < -0.39 is 0 Å². The molecule has 3 nitrogen and oxygen atoms in total. The molecule has 0 bridgehead atoms. The minimum atomic E-state index is -0.374. The Morgan fingerprint density at radius 1 is 1.71 bits per heavy atom. The van der Waals surface area contributed by atoms with Crippen LogP contribution in [0.25, 0.3) is 0 Å². The van der Waals surface area contributed by atoms with Gasteiger partial charge in [-0.05, 0) is 26.3 Å². The Kier molecular flexibility index (Phi) is 3.15. The summed E-state index contributed by atoms with van der Waals surface area (Å²) in [6, 6.07) is 0. The van der Waals surface area contributed by atoms with Gasteiger partial charge in [-0.1, -0.05) is 0 Å². The molecule has 2 heterocycles. The quantitative estimate of drug-likeness (QED) is 0.780. The molecule has 1 aliphatic rings. The maximum absolute atomic E-state index is 10.1. The van der Waals surface area contributed by atoms with E-state index in [9.17, 15) is 5.11 Å². The van der Waals surface area contributed by atoms with Gasteiger partial charge in [0.25, 0.3) is 0 Å². The third-order valence-electron chi connectivity index (χ3n) is 2.67. The van der Waals surface area contributed by atoms with Crippen molar-refractivity contribution in [1.82, 2.24) is 10.3 Å². The average molecular weight is 212 g/mol. The van der Waals surface area contributed by atoms with E-state index in [-0.39, 0.29) is 6.10 Å². The molecule has 2 unspecified atom stereocenters. The number of aryl methyl sites for hydroxylation is 1. The molecule has 1 aliphatic heterocycles. The molecule has 0 aliphatic carbocycles. The van der Waals surface area contributed by atoms with Crippen molar-refractivity contribution in [2.24, 2.45) is 5.92 Å². The largest absolute Gasteiger partial charge is 0.386 e. The van der Waals surface area contributed by atoms with E-state index in [4.69, 9.17) is 0 Å². The molecule has 4 heteroatoms. The zero-order valence-electron chi connectivity index (χ0n) is 8.36. The van der Waals surface area contributed by atoms with Crippen molar-refractivity contribution in [3.8, 4) is 0 Å². The molecule has 2 atom stereocenters. The lowest BCUT2D eigenvalue weighted by atomic mass is 9.94. The van der Waals surface area contributed by atoms with Gasteiger partial charge in [-0.25, -0.2) is 4.98 Å². The van der Waals surface area contributed by atoms with Crippen LogP contribution in [0.1, 0.15) is 28.8 Å². The van der Waals surface area contributed by atoms with E-state index >= 15 is 0 Å². The van der Waals surface area contributed by atoms with Gasteiger partial charge in [-0.2, -0.15) is 0 Å². The Morgan fingerprint density at radius 3 is 3.14 bits per heavy atom. The Bertz CT molecular complexity index is 294. The summed E-state index contributed by atoms with van der Waals surface area (Å²) in [4.78, 5) is 5.40. The summed E-state index contributed by atoms with van der Waals surface area (Å²) in [6.45, 7) is 4.02. The van der Waals surface area contributed by atoms with Crippen molar-refractivity contribution in [1.29, 1.82) is 0 Å². The smallest absolute Gasteiger partial charge is 0.122 e. The first-order chi connectivity index (χ1) is 6.77. The summed E-state index contributed by atoms with van der Waals surface area (Å²) in [7, 11) is 0. The number of nitrogens with one attached hydrogen (secondary N) is 1. The fourth-order valence-electron chi connectivity index (χ4n) is 1.86. The minimum absolute atomic E-state index is 0.342. The van der Waals surface area contributed by atoms with Crippen molar-refractivity contribution in [3.63, 3.8) is 0 Å². The topological polar surface area (TPSA) is 45.2 Å². The van der Waals surface area contributed by atoms with Crippen LogP contribution in [-0.2, 0) is 0 Å². The van der Waals surface area contributed by atoms with Gasteiger partial charge in [0.15, 0.2) is 0 Å². The molecule has 0 aromatic carbocycles. The highest BCUT2D eigenvalue weighted by atomic mass is 32.1. The van der Waals surface area contributed by atoms with Gasteiger partial charge in [-0.3, -0.25) is 0 Å². The zero-order valence-corrected chi connectivity index (χ0v) is 9.18. The number of rotatable bonds is 2. The highest BCUT2D eigenvalue weighted by Gasteiger charge is 2.24. The van der Waals surface area contributed by atoms with E-state index in [1.54, 1.807) is 11.3 Å². The molecule has 78 valence electrons. The van der Waals surface area contributed by atoms with E-state index in [1.165, 1.54) is 4.88 Å². The van der Waals surface area contributed by atoms with Crippen molar-refractivity contribution >= 4 is 11.3 Å². The Morgan fingerprint density at radius 2 is 2.57 bits per heavy atom. The summed E-state index contributed by atoms with van der Waals surface area (Å²) in [5.74, 6) is 0.342. The normalized spacial score (nSPS) is 24.9.